The largest absolute Gasteiger partial charge is 0.354 e. The van der Waals surface area contributed by atoms with Gasteiger partial charge in [-0.1, -0.05) is 25.7 Å². The number of carbonyl (C=O) groups is 3. The SMILES string of the molecule is O=C1CC(NC2CC(=O)N(C3CCCCCC3)C2=O)CN1. The monoisotopic (exact) mass is 293 g/mol. The molecule has 6 heteroatoms. The van der Waals surface area contributed by atoms with Crippen molar-refractivity contribution in [1.82, 2.24) is 15.5 Å². The average Bonchev–Trinajstić information content (AvgIpc) is 2.84. The molecule has 2 unspecified atom stereocenters. The first-order chi connectivity index (χ1) is 10.1. The molecular formula is C15H23N3O3. The Morgan fingerprint density at radius 2 is 1.71 bits per heavy atom. The third-order valence-corrected chi connectivity index (χ3v) is 4.79. The topological polar surface area (TPSA) is 78.5 Å². The maximum atomic E-state index is 12.5. The quantitative estimate of drug-likeness (QED) is 0.580. The van der Waals surface area contributed by atoms with Crippen molar-refractivity contribution in [1.29, 1.82) is 0 Å². The van der Waals surface area contributed by atoms with Crippen LogP contribution in [-0.2, 0) is 14.4 Å². The highest BCUT2D eigenvalue weighted by Crippen LogP contribution is 2.27. The molecule has 6 nitrogen and oxygen atoms in total. The molecule has 2 heterocycles. The van der Waals surface area contributed by atoms with E-state index in [1.54, 1.807) is 0 Å². The average molecular weight is 293 g/mol. The Bertz CT molecular complexity index is 443. The van der Waals surface area contributed by atoms with Crippen molar-refractivity contribution in [2.24, 2.45) is 0 Å². The number of nitrogens with one attached hydrogen (secondary N) is 2. The molecule has 21 heavy (non-hydrogen) atoms. The fraction of sp³-hybridized carbons (Fsp3) is 0.800. The maximum absolute atomic E-state index is 12.5. The maximum Gasteiger partial charge on any atom is 0.247 e. The molecule has 1 aliphatic carbocycles. The van der Waals surface area contributed by atoms with Gasteiger partial charge in [0.25, 0.3) is 0 Å². The van der Waals surface area contributed by atoms with Crippen LogP contribution in [0.3, 0.4) is 0 Å². The van der Waals surface area contributed by atoms with Gasteiger partial charge in [-0.25, -0.2) is 0 Å². The van der Waals surface area contributed by atoms with E-state index < -0.39 is 6.04 Å². The second kappa shape index (κ2) is 6.13. The van der Waals surface area contributed by atoms with Crippen molar-refractivity contribution < 1.29 is 14.4 Å². The Labute approximate surface area is 124 Å². The zero-order valence-corrected chi connectivity index (χ0v) is 12.3. The van der Waals surface area contributed by atoms with Gasteiger partial charge in [0.1, 0.15) is 0 Å². The molecule has 116 valence electrons. The number of nitrogens with zero attached hydrogens (tertiary/aromatic N) is 1. The Morgan fingerprint density at radius 3 is 2.33 bits per heavy atom. The first-order valence-electron chi connectivity index (χ1n) is 8.04. The van der Waals surface area contributed by atoms with E-state index in [0.717, 1.165) is 25.7 Å². The zero-order valence-electron chi connectivity index (χ0n) is 12.3. The van der Waals surface area contributed by atoms with Gasteiger partial charge in [0.2, 0.25) is 17.7 Å². The Kier molecular flexibility index (Phi) is 4.24. The van der Waals surface area contributed by atoms with Gasteiger partial charge in [-0.2, -0.15) is 0 Å². The molecule has 0 aromatic rings. The lowest BCUT2D eigenvalue weighted by molar-refractivity contribution is -0.142. The Morgan fingerprint density at radius 1 is 1.00 bits per heavy atom. The molecule has 2 saturated heterocycles. The second-order valence-corrected chi connectivity index (χ2v) is 6.38. The number of imide groups is 1. The van der Waals surface area contributed by atoms with Gasteiger partial charge in [-0.3, -0.25) is 19.3 Å². The van der Waals surface area contributed by atoms with E-state index in [4.69, 9.17) is 0 Å². The summed E-state index contributed by atoms with van der Waals surface area (Å²) in [6.45, 7) is 0.542. The van der Waals surface area contributed by atoms with E-state index in [2.05, 4.69) is 10.6 Å². The summed E-state index contributed by atoms with van der Waals surface area (Å²) in [5.41, 5.74) is 0. The van der Waals surface area contributed by atoms with Crippen LogP contribution < -0.4 is 10.6 Å². The molecule has 0 aromatic carbocycles. The lowest BCUT2D eigenvalue weighted by Gasteiger charge is -2.25. The van der Waals surface area contributed by atoms with Crippen LogP contribution in [0.15, 0.2) is 0 Å². The predicted octanol–water partition coefficient (Wildman–Crippen LogP) is 0.315. The van der Waals surface area contributed by atoms with Gasteiger partial charge >= 0.3 is 0 Å². The summed E-state index contributed by atoms with van der Waals surface area (Å²) in [4.78, 5) is 37.5. The summed E-state index contributed by atoms with van der Waals surface area (Å²) in [5.74, 6) is -0.141. The molecule has 2 aliphatic heterocycles. The highest BCUT2D eigenvalue weighted by Gasteiger charge is 2.43. The lowest BCUT2D eigenvalue weighted by Crippen LogP contribution is -2.47. The Balaban J connectivity index is 1.62. The fourth-order valence-corrected chi connectivity index (χ4v) is 3.69. The van der Waals surface area contributed by atoms with Crippen LogP contribution >= 0.6 is 0 Å². The third kappa shape index (κ3) is 3.10. The summed E-state index contributed by atoms with van der Waals surface area (Å²) in [7, 11) is 0. The van der Waals surface area contributed by atoms with Crippen LogP contribution in [0.4, 0.5) is 0 Å². The van der Waals surface area contributed by atoms with Crippen molar-refractivity contribution in [3.8, 4) is 0 Å². The van der Waals surface area contributed by atoms with E-state index in [0.29, 0.717) is 13.0 Å². The number of carbonyl (C=O) groups excluding carboxylic acids is 3. The van der Waals surface area contributed by atoms with Crippen molar-refractivity contribution in [3.05, 3.63) is 0 Å². The smallest absolute Gasteiger partial charge is 0.247 e. The normalized spacial score (nSPS) is 31.6. The van der Waals surface area contributed by atoms with E-state index >= 15 is 0 Å². The molecule has 2 N–H and O–H groups in total. The molecule has 3 rings (SSSR count). The van der Waals surface area contributed by atoms with E-state index in [-0.39, 0.29) is 36.2 Å². The summed E-state index contributed by atoms with van der Waals surface area (Å²) < 4.78 is 0. The van der Waals surface area contributed by atoms with Crippen LogP contribution in [-0.4, -0.2) is 47.3 Å². The van der Waals surface area contributed by atoms with Crippen LogP contribution in [0.1, 0.15) is 51.4 Å². The molecule has 0 radical (unpaired) electrons. The number of rotatable bonds is 3. The summed E-state index contributed by atoms with van der Waals surface area (Å²) in [6, 6.07) is -0.394. The second-order valence-electron chi connectivity index (χ2n) is 6.38. The molecule has 3 aliphatic rings. The van der Waals surface area contributed by atoms with E-state index in [9.17, 15) is 14.4 Å². The molecular weight excluding hydrogens is 270 g/mol. The lowest BCUT2D eigenvalue weighted by atomic mass is 10.1. The van der Waals surface area contributed by atoms with Crippen molar-refractivity contribution in [3.63, 3.8) is 0 Å². The minimum absolute atomic E-state index is 0.00453. The summed E-state index contributed by atoms with van der Waals surface area (Å²) in [5, 5.41) is 5.92. The molecule has 0 aromatic heterocycles. The van der Waals surface area contributed by atoms with Gasteiger partial charge in [0, 0.05) is 25.0 Å². The predicted molar refractivity (Wildman–Crippen MR) is 76.3 cm³/mol. The molecule has 0 spiro atoms. The Hall–Kier alpha value is -1.43. The minimum Gasteiger partial charge on any atom is -0.354 e. The standard InChI is InChI=1S/C15H23N3O3/c19-13-7-10(9-16-13)17-12-8-14(20)18(15(12)21)11-5-3-1-2-4-6-11/h10-12,17H,1-9H2,(H,16,19). The van der Waals surface area contributed by atoms with Crippen LogP contribution in [0.25, 0.3) is 0 Å². The first-order valence-corrected chi connectivity index (χ1v) is 8.04. The van der Waals surface area contributed by atoms with Crippen LogP contribution in [0.2, 0.25) is 0 Å². The fourth-order valence-electron chi connectivity index (χ4n) is 3.69. The van der Waals surface area contributed by atoms with E-state index in [1.807, 2.05) is 0 Å². The van der Waals surface area contributed by atoms with Crippen LogP contribution in [0, 0.1) is 0 Å². The zero-order chi connectivity index (χ0) is 14.8. The molecule has 1 saturated carbocycles. The van der Waals surface area contributed by atoms with Gasteiger partial charge in [0.15, 0.2) is 0 Å². The van der Waals surface area contributed by atoms with Crippen molar-refractivity contribution >= 4 is 17.7 Å². The van der Waals surface area contributed by atoms with Crippen molar-refractivity contribution in [2.75, 3.05) is 6.54 Å². The number of likely N-dealkylation sites (tertiary alicyclic amines) is 1. The number of amides is 3. The number of hydrogen-bond donors (Lipinski definition) is 2. The molecule has 2 atom stereocenters. The molecule has 3 amide bonds. The summed E-state index contributed by atoms with van der Waals surface area (Å²) >= 11 is 0. The van der Waals surface area contributed by atoms with Crippen molar-refractivity contribution in [2.45, 2.75) is 69.5 Å². The third-order valence-electron chi connectivity index (χ3n) is 4.79. The van der Waals surface area contributed by atoms with E-state index in [1.165, 1.54) is 17.7 Å². The summed E-state index contributed by atoms with van der Waals surface area (Å²) in [6.07, 6.45) is 7.10. The minimum atomic E-state index is -0.446. The first kappa shape index (κ1) is 14.5. The van der Waals surface area contributed by atoms with Gasteiger partial charge < -0.3 is 10.6 Å². The van der Waals surface area contributed by atoms with Gasteiger partial charge in [0.05, 0.1) is 12.5 Å². The number of hydrogen-bond acceptors (Lipinski definition) is 4. The van der Waals surface area contributed by atoms with Gasteiger partial charge in [-0.15, -0.1) is 0 Å². The highest BCUT2D eigenvalue weighted by atomic mass is 16.2. The molecule has 0 bridgehead atoms. The van der Waals surface area contributed by atoms with Gasteiger partial charge in [-0.05, 0) is 12.8 Å². The molecule has 3 fully saturated rings. The highest BCUT2D eigenvalue weighted by molar-refractivity contribution is 6.06. The van der Waals surface area contributed by atoms with Crippen LogP contribution in [0.5, 0.6) is 0 Å².